The van der Waals surface area contributed by atoms with Gasteiger partial charge in [-0.15, -0.1) is 11.3 Å². The lowest BCUT2D eigenvalue weighted by atomic mass is 9.97. The van der Waals surface area contributed by atoms with Crippen LogP contribution in [0.1, 0.15) is 0 Å². The number of thiophene rings is 1. The van der Waals surface area contributed by atoms with Crippen LogP contribution in [0.2, 0.25) is 0 Å². The molecule has 238 valence electrons. The van der Waals surface area contributed by atoms with Crippen LogP contribution in [0.4, 0.5) is 0 Å². The van der Waals surface area contributed by atoms with E-state index in [1.807, 2.05) is 65.9 Å². The second-order valence-corrected chi connectivity index (χ2v) is 13.6. The number of aromatic nitrogens is 5. The van der Waals surface area contributed by atoms with E-state index in [-0.39, 0.29) is 0 Å². The van der Waals surface area contributed by atoms with E-state index in [4.69, 9.17) is 15.0 Å². The van der Waals surface area contributed by atoms with Crippen molar-refractivity contribution in [2.45, 2.75) is 0 Å². The number of hydrogen-bond acceptors (Lipinski definition) is 6. The molecule has 0 saturated carbocycles. The molecule has 5 nitrogen and oxygen atoms in total. The molecule has 0 atom stereocenters. The van der Waals surface area contributed by atoms with Crippen molar-refractivity contribution < 1.29 is 0 Å². The lowest BCUT2D eigenvalue weighted by molar-refractivity contribution is 1.22. The molecule has 0 aliphatic heterocycles. The smallest absolute Gasteiger partial charge is 0.0972 e. The summed E-state index contributed by atoms with van der Waals surface area (Å²) in [6.45, 7) is 0. The minimum Gasteiger partial charge on any atom is -0.255 e. The topological polar surface area (TPSA) is 64.5 Å². The van der Waals surface area contributed by atoms with Gasteiger partial charge in [-0.2, -0.15) is 0 Å². The summed E-state index contributed by atoms with van der Waals surface area (Å²) in [5.41, 5.74) is 11.3. The first-order valence-electron chi connectivity index (χ1n) is 16.8. The van der Waals surface area contributed by atoms with Crippen molar-refractivity contribution in [3.63, 3.8) is 0 Å². The summed E-state index contributed by atoms with van der Waals surface area (Å²) in [6.07, 6.45) is 3.61. The molecule has 10 rings (SSSR count). The molecule has 6 heterocycles. The molecular weight excluding hydrogens is 643 g/mol. The second-order valence-electron chi connectivity index (χ2n) is 12.5. The van der Waals surface area contributed by atoms with Gasteiger partial charge in [0.15, 0.2) is 0 Å². The summed E-state index contributed by atoms with van der Waals surface area (Å²) in [4.78, 5) is 24.7. The Morgan fingerprint density at radius 3 is 1.65 bits per heavy atom. The number of rotatable bonds is 5. The van der Waals surface area contributed by atoms with Crippen LogP contribution in [0.15, 0.2) is 164 Å². The molecule has 0 fully saturated rings. The minimum absolute atomic E-state index is 0.808. The first kappa shape index (κ1) is 29.3. The Morgan fingerprint density at radius 2 is 1.00 bits per heavy atom. The molecule has 6 aromatic heterocycles. The highest BCUT2D eigenvalue weighted by molar-refractivity contribution is 7.26. The number of pyridine rings is 5. The van der Waals surface area contributed by atoms with Crippen molar-refractivity contribution in [3.05, 3.63) is 164 Å². The maximum atomic E-state index is 5.27. The van der Waals surface area contributed by atoms with E-state index < -0.39 is 0 Å². The fourth-order valence-electron chi connectivity index (χ4n) is 6.90. The molecule has 0 bridgehead atoms. The number of fused-ring (bicyclic) bond motifs is 6. The van der Waals surface area contributed by atoms with Crippen molar-refractivity contribution in [2.75, 3.05) is 0 Å². The van der Waals surface area contributed by atoms with E-state index in [0.717, 1.165) is 78.2 Å². The Hall–Kier alpha value is -6.63. The standard InChI is InChI=1S/C45H27N5S/c1-2-9-28(10-3-1)35-20-17-29-15-16-30-18-21-36(50-45(30)44(29)49-35)31-19-22-41-34(25-31)43-33(11-8-14-42(43)51-41)32-26-39(37-12-4-6-23-46-37)48-40(27-32)38-13-5-7-24-47-38/h1-27H. The Kier molecular flexibility index (Phi) is 6.93. The van der Waals surface area contributed by atoms with E-state index in [2.05, 4.69) is 107 Å². The van der Waals surface area contributed by atoms with Gasteiger partial charge in [-0.1, -0.05) is 84.9 Å². The fraction of sp³-hybridized carbons (Fsp3) is 0. The summed E-state index contributed by atoms with van der Waals surface area (Å²) in [6, 6.07) is 52.4. The molecule has 0 spiro atoms. The predicted octanol–water partition coefficient (Wildman–Crippen LogP) is 11.7. The Morgan fingerprint density at radius 1 is 0.373 bits per heavy atom. The van der Waals surface area contributed by atoms with Crippen LogP contribution in [0.5, 0.6) is 0 Å². The Labute approximate surface area is 297 Å². The SMILES string of the molecule is c1ccc(-c2ccc3ccc4ccc(-c5ccc6sc7cccc(-c8cc(-c9ccccn9)nc(-c9ccccn9)c8)c7c6c5)nc4c3n2)cc1. The normalized spacial score (nSPS) is 11.5. The molecule has 6 heteroatoms. The first-order chi connectivity index (χ1) is 25.2. The van der Waals surface area contributed by atoms with Crippen LogP contribution in [0, 0.1) is 0 Å². The van der Waals surface area contributed by atoms with Gasteiger partial charge in [0.1, 0.15) is 0 Å². The molecule has 51 heavy (non-hydrogen) atoms. The maximum absolute atomic E-state index is 5.27. The van der Waals surface area contributed by atoms with Gasteiger partial charge in [0.2, 0.25) is 0 Å². The molecule has 4 aromatic carbocycles. The van der Waals surface area contributed by atoms with Crippen molar-refractivity contribution in [1.29, 1.82) is 0 Å². The summed E-state index contributed by atoms with van der Waals surface area (Å²) >= 11 is 1.81. The third-order valence-electron chi connectivity index (χ3n) is 9.37. The van der Waals surface area contributed by atoms with Gasteiger partial charge in [-0.3, -0.25) is 9.97 Å². The maximum Gasteiger partial charge on any atom is 0.0972 e. The molecule has 0 radical (unpaired) electrons. The predicted molar refractivity (Wildman–Crippen MR) is 210 cm³/mol. The molecule has 0 aliphatic carbocycles. The highest BCUT2D eigenvalue weighted by Crippen LogP contribution is 2.42. The van der Waals surface area contributed by atoms with E-state index >= 15 is 0 Å². The quantitative estimate of drug-likeness (QED) is 0.171. The summed E-state index contributed by atoms with van der Waals surface area (Å²) in [5, 5.41) is 4.55. The van der Waals surface area contributed by atoms with Gasteiger partial charge in [0.25, 0.3) is 0 Å². The summed E-state index contributed by atoms with van der Waals surface area (Å²) in [7, 11) is 0. The van der Waals surface area contributed by atoms with Gasteiger partial charge in [-0.25, -0.2) is 15.0 Å². The zero-order valence-electron chi connectivity index (χ0n) is 27.2. The largest absolute Gasteiger partial charge is 0.255 e. The Balaban J connectivity index is 1.15. The van der Waals surface area contributed by atoms with E-state index in [0.29, 0.717) is 0 Å². The van der Waals surface area contributed by atoms with E-state index in [1.54, 1.807) is 12.4 Å². The lowest BCUT2D eigenvalue weighted by Gasteiger charge is -2.11. The minimum atomic E-state index is 0.808. The number of hydrogen-bond donors (Lipinski definition) is 0. The average molecular weight is 670 g/mol. The van der Waals surface area contributed by atoms with E-state index in [1.165, 1.54) is 20.2 Å². The van der Waals surface area contributed by atoms with Crippen LogP contribution < -0.4 is 0 Å². The van der Waals surface area contributed by atoms with Gasteiger partial charge in [-0.05, 0) is 77.9 Å². The molecule has 0 amide bonds. The van der Waals surface area contributed by atoms with Crippen LogP contribution in [0.25, 0.3) is 98.4 Å². The van der Waals surface area contributed by atoms with Crippen molar-refractivity contribution in [1.82, 2.24) is 24.9 Å². The lowest BCUT2D eigenvalue weighted by Crippen LogP contribution is -1.94. The van der Waals surface area contributed by atoms with Crippen LogP contribution in [0.3, 0.4) is 0 Å². The Bertz CT molecular complexity index is 2850. The van der Waals surface area contributed by atoms with Gasteiger partial charge < -0.3 is 0 Å². The molecule has 0 unspecified atom stereocenters. The zero-order chi connectivity index (χ0) is 33.7. The molecule has 10 aromatic rings. The number of nitrogens with zero attached hydrogens (tertiary/aromatic N) is 5. The van der Waals surface area contributed by atoms with Gasteiger partial charge in [0, 0.05) is 54.5 Å². The van der Waals surface area contributed by atoms with Crippen molar-refractivity contribution >= 4 is 53.3 Å². The van der Waals surface area contributed by atoms with Crippen LogP contribution in [-0.4, -0.2) is 24.9 Å². The average Bonchev–Trinajstić information content (AvgIpc) is 3.59. The third-order valence-corrected chi connectivity index (χ3v) is 10.5. The first-order valence-corrected chi connectivity index (χ1v) is 17.6. The van der Waals surface area contributed by atoms with Crippen LogP contribution in [-0.2, 0) is 0 Å². The van der Waals surface area contributed by atoms with E-state index in [9.17, 15) is 0 Å². The summed E-state index contributed by atoms with van der Waals surface area (Å²) < 4.78 is 2.45. The summed E-state index contributed by atoms with van der Waals surface area (Å²) in [5.74, 6) is 0. The molecule has 0 saturated heterocycles. The number of benzene rings is 4. The van der Waals surface area contributed by atoms with Gasteiger partial charge in [0.05, 0.1) is 45.2 Å². The van der Waals surface area contributed by atoms with Gasteiger partial charge >= 0.3 is 0 Å². The van der Waals surface area contributed by atoms with Crippen molar-refractivity contribution in [2.24, 2.45) is 0 Å². The highest BCUT2D eigenvalue weighted by Gasteiger charge is 2.16. The molecule has 0 aliphatic rings. The monoisotopic (exact) mass is 669 g/mol. The fourth-order valence-corrected chi connectivity index (χ4v) is 8.01. The highest BCUT2D eigenvalue weighted by atomic mass is 32.1. The van der Waals surface area contributed by atoms with Crippen molar-refractivity contribution in [3.8, 4) is 56.4 Å². The second kappa shape index (κ2) is 12.1. The third kappa shape index (κ3) is 5.21. The van der Waals surface area contributed by atoms with Crippen LogP contribution >= 0.6 is 11.3 Å². The molecular formula is C45H27N5S. The molecule has 0 N–H and O–H groups in total. The zero-order valence-corrected chi connectivity index (χ0v) is 28.0.